The van der Waals surface area contributed by atoms with Crippen LogP contribution in [0.5, 0.6) is 5.75 Å². The Hall–Kier alpha value is -2.70. The van der Waals surface area contributed by atoms with Crippen LogP contribution < -0.4 is 9.64 Å². The van der Waals surface area contributed by atoms with Crippen LogP contribution in [0.3, 0.4) is 0 Å². The van der Waals surface area contributed by atoms with Gasteiger partial charge in [-0.15, -0.1) is 0 Å². The second-order valence-electron chi connectivity index (χ2n) is 11.4. The van der Waals surface area contributed by atoms with Gasteiger partial charge in [-0.3, -0.25) is 14.4 Å². The molecule has 0 N–H and O–H groups in total. The molecule has 1 rings (SSSR count). The maximum Gasteiger partial charge on any atom is 0.344 e. The molecule has 38 heavy (non-hydrogen) atoms. The highest BCUT2D eigenvalue weighted by molar-refractivity contribution is 5.97. The first-order valence-electron chi connectivity index (χ1n) is 13.7. The first-order valence-corrected chi connectivity index (χ1v) is 13.7. The van der Waals surface area contributed by atoms with E-state index in [-0.39, 0.29) is 29.9 Å². The van der Waals surface area contributed by atoms with Crippen LogP contribution in [0, 0.1) is 11.8 Å². The number of carbonyl (C=O) groups excluding carboxylic acids is 4. The summed E-state index contributed by atoms with van der Waals surface area (Å²) in [6.45, 7) is 16.5. The second kappa shape index (κ2) is 17.0. The molecule has 1 aromatic rings. The minimum atomic E-state index is -0.559. The average Bonchev–Trinajstić information content (AvgIpc) is 2.80. The summed E-state index contributed by atoms with van der Waals surface area (Å²) in [6, 6.07) is 3.77. The van der Waals surface area contributed by atoms with Crippen LogP contribution in [-0.4, -0.2) is 49.6 Å². The van der Waals surface area contributed by atoms with Crippen molar-refractivity contribution < 1.29 is 28.7 Å². The summed E-state index contributed by atoms with van der Waals surface area (Å²) < 4.78 is 11.1. The number of Topliss-reactive ketones (excluding diaryl/α,β-unsaturated/α-hetero) is 3. The molecule has 2 unspecified atom stereocenters. The summed E-state index contributed by atoms with van der Waals surface area (Å²) >= 11 is 0. The van der Waals surface area contributed by atoms with Gasteiger partial charge in [0.25, 0.3) is 0 Å². The number of hydrogen-bond acceptors (Lipinski definition) is 7. The van der Waals surface area contributed by atoms with Crippen molar-refractivity contribution in [3.63, 3.8) is 0 Å². The molecule has 0 amide bonds. The van der Waals surface area contributed by atoms with E-state index in [1.54, 1.807) is 13.8 Å². The van der Waals surface area contributed by atoms with Gasteiger partial charge < -0.3 is 14.4 Å². The molecule has 0 fully saturated rings. The van der Waals surface area contributed by atoms with Crippen molar-refractivity contribution in [1.29, 1.82) is 0 Å². The van der Waals surface area contributed by atoms with E-state index in [1.807, 2.05) is 65.7 Å². The summed E-state index contributed by atoms with van der Waals surface area (Å²) in [7, 11) is 3.82. The molecule has 216 valence electrons. The number of carbonyl (C=O) groups is 4. The van der Waals surface area contributed by atoms with E-state index >= 15 is 0 Å². The smallest absolute Gasteiger partial charge is 0.344 e. The lowest BCUT2D eigenvalue weighted by Gasteiger charge is -2.23. The predicted molar refractivity (Wildman–Crippen MR) is 154 cm³/mol. The van der Waals surface area contributed by atoms with Gasteiger partial charge in [-0.2, -0.15) is 0 Å². The number of ether oxygens (including phenoxy) is 2. The van der Waals surface area contributed by atoms with Crippen LogP contribution in [0.4, 0.5) is 5.69 Å². The van der Waals surface area contributed by atoms with Gasteiger partial charge in [-0.1, -0.05) is 34.1 Å². The van der Waals surface area contributed by atoms with Crippen molar-refractivity contribution in [2.24, 2.45) is 11.8 Å². The van der Waals surface area contributed by atoms with Gasteiger partial charge in [-0.05, 0) is 65.9 Å². The number of esters is 1. The lowest BCUT2D eigenvalue weighted by molar-refractivity contribution is -0.157. The van der Waals surface area contributed by atoms with Crippen LogP contribution >= 0.6 is 0 Å². The lowest BCUT2D eigenvalue weighted by Crippen LogP contribution is -2.27. The summed E-state index contributed by atoms with van der Waals surface area (Å²) in [5.41, 5.74) is 1.81. The van der Waals surface area contributed by atoms with Crippen molar-refractivity contribution in [3.8, 4) is 5.75 Å². The van der Waals surface area contributed by atoms with Crippen molar-refractivity contribution in [2.75, 3.05) is 25.6 Å². The number of rotatable bonds is 14. The molecular weight excluding hydrogens is 482 g/mol. The third-order valence-corrected chi connectivity index (χ3v) is 6.18. The molecule has 1 aromatic carbocycles. The summed E-state index contributed by atoms with van der Waals surface area (Å²) in [5, 5.41) is 0. The van der Waals surface area contributed by atoms with Gasteiger partial charge >= 0.3 is 5.97 Å². The number of hydrogen-bond donors (Lipinski definition) is 0. The quantitative estimate of drug-likeness (QED) is 0.196. The molecular formula is C31H51NO6. The van der Waals surface area contributed by atoms with E-state index in [2.05, 4.69) is 13.8 Å². The monoisotopic (exact) mass is 533 g/mol. The van der Waals surface area contributed by atoms with Crippen LogP contribution in [0.25, 0.3) is 0 Å². The highest BCUT2D eigenvalue weighted by Crippen LogP contribution is 2.32. The third-order valence-electron chi connectivity index (χ3n) is 6.18. The Kier molecular flexibility index (Phi) is 15.8. The van der Waals surface area contributed by atoms with Gasteiger partial charge in [-0.25, -0.2) is 4.79 Å². The molecule has 2 atom stereocenters. The molecule has 0 bridgehead atoms. The van der Waals surface area contributed by atoms with Crippen LogP contribution in [0.1, 0.15) is 110 Å². The lowest BCUT2D eigenvalue weighted by atomic mass is 9.92. The van der Waals surface area contributed by atoms with Crippen molar-refractivity contribution >= 4 is 29.0 Å². The normalized spacial score (nSPS) is 12.5. The topological polar surface area (TPSA) is 90.0 Å². The van der Waals surface area contributed by atoms with E-state index in [4.69, 9.17) is 9.47 Å². The Morgan fingerprint density at radius 2 is 1.58 bits per heavy atom. The molecule has 7 heteroatoms. The molecule has 0 spiro atoms. The zero-order valence-corrected chi connectivity index (χ0v) is 25.7. The Bertz CT molecular complexity index is 929. The molecule has 0 radical (unpaired) electrons. The molecule has 0 aliphatic carbocycles. The van der Waals surface area contributed by atoms with Crippen LogP contribution in [0.15, 0.2) is 12.1 Å². The minimum Gasteiger partial charge on any atom is -0.482 e. The SMILES string of the molecule is CCC(C)Cc1c(OCC(=O)OC(C)(C)C)cc(N(C)C)cc1C(C)=O.CCCC(=O)CCC(C)C(C)=O. The molecule has 0 aliphatic heterocycles. The average molecular weight is 534 g/mol. The van der Waals surface area contributed by atoms with Crippen molar-refractivity contribution in [2.45, 2.75) is 106 Å². The second-order valence-corrected chi connectivity index (χ2v) is 11.4. The van der Waals surface area contributed by atoms with Gasteiger partial charge in [0, 0.05) is 55.7 Å². The first kappa shape index (κ1) is 35.3. The summed E-state index contributed by atoms with van der Waals surface area (Å²) in [6.07, 6.45) is 4.57. The fraction of sp³-hybridized carbons (Fsp3) is 0.677. The number of ketones is 3. The highest BCUT2D eigenvalue weighted by atomic mass is 16.6. The van der Waals surface area contributed by atoms with E-state index in [1.165, 1.54) is 0 Å². The fourth-order valence-corrected chi connectivity index (χ4v) is 3.53. The molecule has 0 saturated carbocycles. The van der Waals surface area contributed by atoms with Gasteiger partial charge in [0.2, 0.25) is 0 Å². The third kappa shape index (κ3) is 14.3. The number of nitrogens with zero attached hydrogens (tertiary/aromatic N) is 1. The Labute approximate surface area is 230 Å². The first-order chi connectivity index (χ1) is 17.5. The standard InChI is InChI=1S/C21H33NO4.C10H18O2/c1-9-14(2)10-18-17(15(3)23)11-16(22(7)8)12-19(18)25-13-20(24)26-21(4,5)6;1-4-5-10(12)7-6-8(2)9(3)11/h11-12,14H,9-10,13H2,1-8H3;8H,4-7H2,1-3H3. The number of anilines is 1. The Morgan fingerprint density at radius 3 is 2.03 bits per heavy atom. The van der Waals surface area contributed by atoms with E-state index in [0.29, 0.717) is 36.5 Å². The fourth-order valence-electron chi connectivity index (χ4n) is 3.53. The van der Waals surface area contributed by atoms with Crippen LogP contribution in [0.2, 0.25) is 0 Å². The van der Waals surface area contributed by atoms with E-state index in [9.17, 15) is 19.2 Å². The largest absolute Gasteiger partial charge is 0.482 e. The molecule has 7 nitrogen and oxygen atoms in total. The zero-order chi connectivity index (χ0) is 29.6. The Balaban J connectivity index is 0.000000958. The Morgan fingerprint density at radius 1 is 0.974 bits per heavy atom. The van der Waals surface area contributed by atoms with Gasteiger partial charge in [0.15, 0.2) is 12.4 Å². The number of benzene rings is 1. The zero-order valence-electron chi connectivity index (χ0n) is 25.7. The van der Waals surface area contributed by atoms with E-state index in [0.717, 1.165) is 30.5 Å². The van der Waals surface area contributed by atoms with Gasteiger partial charge in [0.05, 0.1) is 0 Å². The highest BCUT2D eigenvalue weighted by Gasteiger charge is 2.21. The van der Waals surface area contributed by atoms with Crippen molar-refractivity contribution in [1.82, 2.24) is 0 Å². The molecule has 0 aromatic heterocycles. The summed E-state index contributed by atoms with van der Waals surface area (Å²) in [4.78, 5) is 48.0. The predicted octanol–water partition coefficient (Wildman–Crippen LogP) is 6.63. The van der Waals surface area contributed by atoms with Gasteiger partial charge in [0.1, 0.15) is 22.9 Å². The van der Waals surface area contributed by atoms with E-state index < -0.39 is 11.6 Å². The minimum absolute atomic E-state index is 0.00544. The van der Waals surface area contributed by atoms with Crippen LogP contribution in [-0.2, 0) is 25.5 Å². The molecule has 0 aliphatic rings. The van der Waals surface area contributed by atoms with Crippen molar-refractivity contribution in [3.05, 3.63) is 23.3 Å². The maximum absolute atomic E-state index is 12.2. The molecule has 0 saturated heterocycles. The molecule has 0 heterocycles. The summed E-state index contributed by atoms with van der Waals surface area (Å²) in [5.74, 6) is 1.06. The maximum atomic E-state index is 12.2.